The van der Waals surface area contributed by atoms with Crippen LogP contribution in [0.5, 0.6) is 0 Å². The van der Waals surface area contributed by atoms with Crippen molar-refractivity contribution >= 4 is 11.6 Å². The first kappa shape index (κ1) is 12.3. The fraction of sp³-hybridized carbons (Fsp3) is 0.800. The molecule has 0 saturated heterocycles. The summed E-state index contributed by atoms with van der Waals surface area (Å²) in [6, 6.07) is 0. The molecular formula is C10H17FO2. The molecule has 0 radical (unpaired) electrons. The van der Waals surface area contributed by atoms with Gasteiger partial charge in [-0.05, 0) is 13.3 Å². The Kier molecular flexibility index (Phi) is 5.51. The molecule has 0 rings (SSSR count). The van der Waals surface area contributed by atoms with Gasteiger partial charge in [-0.2, -0.15) is 0 Å². The highest BCUT2D eigenvalue weighted by Gasteiger charge is 2.21. The van der Waals surface area contributed by atoms with Crippen molar-refractivity contribution in [2.45, 2.75) is 46.2 Å². The zero-order valence-corrected chi connectivity index (χ0v) is 8.47. The van der Waals surface area contributed by atoms with E-state index >= 15 is 0 Å². The highest BCUT2D eigenvalue weighted by atomic mass is 18.2. The van der Waals surface area contributed by atoms with Crippen molar-refractivity contribution in [2.24, 2.45) is 5.92 Å². The van der Waals surface area contributed by atoms with E-state index in [9.17, 15) is 14.0 Å². The second-order valence-electron chi connectivity index (χ2n) is 3.21. The minimum absolute atomic E-state index is 0.0523. The van der Waals surface area contributed by atoms with Crippen LogP contribution in [-0.2, 0) is 9.59 Å². The average Bonchev–Trinajstić information content (AvgIpc) is 2.12. The van der Waals surface area contributed by atoms with E-state index in [1.54, 1.807) is 6.92 Å². The van der Waals surface area contributed by atoms with Crippen LogP contribution in [0.3, 0.4) is 0 Å². The van der Waals surface area contributed by atoms with Crippen molar-refractivity contribution in [1.82, 2.24) is 0 Å². The number of carbonyl (C=O) groups is 2. The maximum Gasteiger partial charge on any atom is 0.167 e. The first-order valence-electron chi connectivity index (χ1n) is 4.72. The first-order valence-corrected chi connectivity index (χ1v) is 4.72. The van der Waals surface area contributed by atoms with Gasteiger partial charge in [-0.3, -0.25) is 9.59 Å². The molecule has 0 N–H and O–H groups in total. The molecule has 13 heavy (non-hydrogen) atoms. The van der Waals surface area contributed by atoms with E-state index in [-0.39, 0.29) is 18.1 Å². The number of carbonyl (C=O) groups excluding carboxylic acids is 2. The zero-order chi connectivity index (χ0) is 10.4. The summed E-state index contributed by atoms with van der Waals surface area (Å²) in [5.74, 6) is -0.694. The molecule has 0 aromatic heterocycles. The van der Waals surface area contributed by atoms with E-state index < -0.39 is 12.0 Å². The van der Waals surface area contributed by atoms with Crippen LogP contribution in [-0.4, -0.2) is 17.7 Å². The lowest BCUT2D eigenvalue weighted by Crippen LogP contribution is -2.21. The second kappa shape index (κ2) is 5.84. The van der Waals surface area contributed by atoms with E-state index in [1.807, 2.05) is 6.92 Å². The van der Waals surface area contributed by atoms with Gasteiger partial charge in [0.15, 0.2) is 12.0 Å². The Labute approximate surface area is 78.5 Å². The number of hydrogen-bond donors (Lipinski definition) is 0. The summed E-state index contributed by atoms with van der Waals surface area (Å²) < 4.78 is 12.5. The summed E-state index contributed by atoms with van der Waals surface area (Å²) in [5.41, 5.74) is 0. The summed E-state index contributed by atoms with van der Waals surface area (Å²) >= 11 is 0. The van der Waals surface area contributed by atoms with E-state index in [0.29, 0.717) is 12.8 Å². The maximum absolute atomic E-state index is 12.5. The molecule has 3 heteroatoms. The molecule has 0 aliphatic heterocycles. The Bertz CT molecular complexity index is 187. The van der Waals surface area contributed by atoms with Crippen LogP contribution < -0.4 is 0 Å². The van der Waals surface area contributed by atoms with Crippen molar-refractivity contribution in [2.75, 3.05) is 0 Å². The summed E-state index contributed by atoms with van der Waals surface area (Å²) in [5, 5.41) is 0. The topological polar surface area (TPSA) is 34.1 Å². The number of hydrogen-bond acceptors (Lipinski definition) is 2. The lowest BCUT2D eigenvalue weighted by Gasteiger charge is -2.11. The second-order valence-corrected chi connectivity index (χ2v) is 3.21. The molecule has 0 aliphatic rings. The van der Waals surface area contributed by atoms with Gasteiger partial charge in [-0.15, -0.1) is 0 Å². The van der Waals surface area contributed by atoms with Crippen LogP contribution in [0.1, 0.15) is 40.0 Å². The lowest BCUT2D eigenvalue weighted by atomic mass is 9.92. The lowest BCUT2D eigenvalue weighted by molar-refractivity contribution is -0.130. The predicted molar refractivity (Wildman–Crippen MR) is 49.3 cm³/mol. The van der Waals surface area contributed by atoms with Crippen molar-refractivity contribution in [1.29, 1.82) is 0 Å². The standard InChI is InChI=1S/C10H17FO2/c1-4-8(9(12)5-2)6-10(13)7(3)11/h7-8H,4-6H2,1-3H3/i11-1. The molecule has 2 nitrogen and oxygen atoms in total. The molecule has 0 fully saturated rings. The third kappa shape index (κ3) is 4.15. The first-order chi connectivity index (χ1) is 6.02. The zero-order valence-electron chi connectivity index (χ0n) is 8.47. The van der Waals surface area contributed by atoms with Crippen LogP contribution in [0.15, 0.2) is 0 Å². The molecule has 0 spiro atoms. The minimum Gasteiger partial charge on any atom is -0.299 e. The SMILES string of the molecule is CCC(=O)C(CC)CC(=O)C(C)[18F]. The van der Waals surface area contributed by atoms with Crippen molar-refractivity contribution in [3.8, 4) is 0 Å². The van der Waals surface area contributed by atoms with Crippen molar-refractivity contribution < 1.29 is 14.0 Å². The summed E-state index contributed by atoms with van der Waals surface area (Å²) in [4.78, 5) is 22.2. The fourth-order valence-corrected chi connectivity index (χ4v) is 1.18. The smallest absolute Gasteiger partial charge is 0.167 e. The Morgan fingerprint density at radius 2 is 1.77 bits per heavy atom. The van der Waals surface area contributed by atoms with E-state index in [2.05, 4.69) is 0 Å². The van der Waals surface area contributed by atoms with Gasteiger partial charge in [-0.25, -0.2) is 4.39 Å². The Morgan fingerprint density at radius 1 is 1.23 bits per heavy atom. The number of rotatable bonds is 6. The van der Waals surface area contributed by atoms with Crippen molar-refractivity contribution in [3.05, 3.63) is 0 Å². The normalized spacial score (nSPS) is 15.1. The van der Waals surface area contributed by atoms with Gasteiger partial charge in [-0.1, -0.05) is 13.8 Å². The van der Waals surface area contributed by atoms with Gasteiger partial charge in [0, 0.05) is 18.8 Å². The van der Waals surface area contributed by atoms with Gasteiger partial charge >= 0.3 is 0 Å². The summed E-state index contributed by atoms with van der Waals surface area (Å²) in [7, 11) is 0. The Balaban J connectivity index is 4.13. The van der Waals surface area contributed by atoms with Crippen LogP contribution >= 0.6 is 0 Å². The minimum atomic E-state index is -1.45. The highest BCUT2D eigenvalue weighted by Crippen LogP contribution is 2.14. The molecule has 0 bridgehead atoms. The van der Waals surface area contributed by atoms with E-state index in [0.717, 1.165) is 0 Å². The van der Waals surface area contributed by atoms with Crippen molar-refractivity contribution in [3.63, 3.8) is 0 Å². The molecule has 0 saturated carbocycles. The molecule has 0 aromatic rings. The fourth-order valence-electron chi connectivity index (χ4n) is 1.18. The molecule has 2 unspecified atom stereocenters. The number of alkyl halides is 1. The molecule has 76 valence electrons. The number of ketones is 2. The van der Waals surface area contributed by atoms with Gasteiger partial charge in [0.2, 0.25) is 0 Å². The van der Waals surface area contributed by atoms with Gasteiger partial charge in [0.1, 0.15) is 5.78 Å². The third-order valence-corrected chi connectivity index (χ3v) is 2.19. The van der Waals surface area contributed by atoms with Crippen LogP contribution in [0, 0.1) is 5.92 Å². The molecular weight excluding hydrogens is 170 g/mol. The highest BCUT2D eigenvalue weighted by molar-refractivity contribution is 5.89. The summed E-state index contributed by atoms with van der Waals surface area (Å²) in [6.45, 7) is 4.81. The molecule has 2 atom stereocenters. The average molecular weight is 187 g/mol. The monoisotopic (exact) mass is 187 g/mol. The molecule has 0 amide bonds. The Hall–Kier alpha value is -0.730. The molecule has 0 heterocycles. The van der Waals surface area contributed by atoms with Crippen LogP contribution in [0.2, 0.25) is 0 Å². The van der Waals surface area contributed by atoms with Gasteiger partial charge < -0.3 is 0 Å². The van der Waals surface area contributed by atoms with Crippen LogP contribution in [0.4, 0.5) is 4.39 Å². The molecule has 0 aromatic carbocycles. The largest absolute Gasteiger partial charge is 0.299 e. The Morgan fingerprint density at radius 3 is 2.08 bits per heavy atom. The predicted octanol–water partition coefficient (Wildman–Crippen LogP) is 2.31. The van der Waals surface area contributed by atoms with E-state index in [4.69, 9.17) is 0 Å². The number of Topliss-reactive ketones (excluding diaryl/α,β-unsaturated/α-hetero) is 2. The summed E-state index contributed by atoms with van der Waals surface area (Å²) in [6.07, 6.45) is -0.350. The molecule has 0 aliphatic carbocycles. The third-order valence-electron chi connectivity index (χ3n) is 2.19. The number of halogens is 1. The quantitative estimate of drug-likeness (QED) is 0.639. The maximum atomic E-state index is 12.5. The van der Waals surface area contributed by atoms with Crippen LogP contribution in [0.25, 0.3) is 0 Å². The van der Waals surface area contributed by atoms with Gasteiger partial charge in [0.25, 0.3) is 0 Å². The van der Waals surface area contributed by atoms with Gasteiger partial charge in [0.05, 0.1) is 0 Å². The van der Waals surface area contributed by atoms with E-state index in [1.165, 1.54) is 6.92 Å².